The molecule has 8 heterocycles. The van der Waals surface area contributed by atoms with E-state index in [1.807, 2.05) is 12.1 Å². The van der Waals surface area contributed by atoms with Gasteiger partial charge >= 0.3 is 151 Å². The van der Waals surface area contributed by atoms with Gasteiger partial charge in [0.1, 0.15) is 0 Å². The van der Waals surface area contributed by atoms with Crippen molar-refractivity contribution in [3.05, 3.63) is 249 Å². The molecule has 0 aliphatic carbocycles. The molecule has 0 amide bonds. The maximum Gasteiger partial charge on any atom is 1.00 e. The Labute approximate surface area is 785 Å². The van der Waals surface area contributed by atoms with Crippen molar-refractivity contribution in [2.45, 2.75) is 165 Å². The zero-order chi connectivity index (χ0) is 74.0. The minimum Gasteiger partial charge on any atom is -0.884 e. The number of nitrogens with one attached hydrogen (secondary N) is 4. The van der Waals surface area contributed by atoms with Crippen molar-refractivity contribution in [1.29, 1.82) is 0 Å². The van der Waals surface area contributed by atoms with Crippen LogP contribution in [0.2, 0.25) is 0 Å². The van der Waals surface area contributed by atoms with E-state index in [1.165, 1.54) is 203 Å². The monoisotopic (exact) mass is 1510 g/mol. The summed E-state index contributed by atoms with van der Waals surface area (Å²) < 4.78 is 19.8. The maximum absolute atomic E-state index is 10.0. The number of nitrogens with zero attached hydrogens (tertiary/aromatic N) is 4. The molecule has 24 heteroatoms. The summed E-state index contributed by atoms with van der Waals surface area (Å²) in [4.78, 5) is 6.93. The molecule has 8 aliphatic heterocycles. The predicted molar refractivity (Wildman–Crippen MR) is 426 cm³/mol. The molecule has 584 valence electrons. The van der Waals surface area contributed by atoms with Gasteiger partial charge in [0, 0.05) is 52.9 Å². The van der Waals surface area contributed by atoms with E-state index in [4.69, 9.17) is 40.2 Å². The number of piperidine rings is 4. The molecule has 0 bridgehead atoms. The molecular weight excluding hydrogens is 1380 g/mol. The van der Waals surface area contributed by atoms with Crippen molar-refractivity contribution in [2.75, 3.05) is 158 Å². The Morgan fingerprint density at radius 2 is 0.430 bits per heavy atom. The van der Waals surface area contributed by atoms with Gasteiger partial charge in [-0.3, -0.25) is 0 Å². The average Bonchev–Trinajstić information content (AvgIpc) is 0.925. The molecule has 0 saturated carbocycles. The normalized spacial score (nSPS) is 17.3. The van der Waals surface area contributed by atoms with Gasteiger partial charge in [-0.2, -0.15) is 26.2 Å². The molecule has 0 spiro atoms. The van der Waals surface area contributed by atoms with Crippen LogP contribution in [-0.4, -0.2) is 158 Å². The number of rotatable bonds is 26. The van der Waals surface area contributed by atoms with Gasteiger partial charge in [0.25, 0.3) is 0 Å². The summed E-state index contributed by atoms with van der Waals surface area (Å²) in [6, 6.07) is 62.6. The van der Waals surface area contributed by atoms with Gasteiger partial charge < -0.3 is 80.2 Å². The van der Waals surface area contributed by atoms with Crippen LogP contribution in [0.25, 0.3) is 33.4 Å². The van der Waals surface area contributed by atoms with Crippen molar-refractivity contribution >= 4 is 12.2 Å². The smallest absolute Gasteiger partial charge is 0.884 e. The fraction of sp³-hybridized carbons (Fsp3) is 0.556. The summed E-state index contributed by atoms with van der Waals surface area (Å²) in [5.41, 5.74) is 6.82. The van der Waals surface area contributed by atoms with Crippen molar-refractivity contribution in [2.24, 2.45) is 0 Å². The van der Waals surface area contributed by atoms with Crippen LogP contribution in [0.1, 0.15) is 199 Å². The van der Waals surface area contributed by atoms with E-state index >= 15 is 0 Å². The van der Waals surface area contributed by atoms with Crippen LogP contribution in [0.5, 0.6) is 0 Å². The molecule has 14 rings (SSSR count). The van der Waals surface area contributed by atoms with E-state index in [2.05, 4.69) is 121 Å². The molecule has 8 fully saturated rings. The van der Waals surface area contributed by atoms with Crippen molar-refractivity contribution in [3.8, 4) is 0 Å². The zero-order valence-corrected chi connectivity index (χ0v) is 72.4. The van der Waals surface area contributed by atoms with Crippen molar-refractivity contribution in [1.82, 2.24) is 0 Å². The molecule has 8 saturated heterocycles. The van der Waals surface area contributed by atoms with Gasteiger partial charge in [-0.1, -0.05) is 253 Å². The Balaban J connectivity index is 0. The van der Waals surface area contributed by atoms with Crippen LogP contribution >= 0.6 is 0 Å². The van der Waals surface area contributed by atoms with Crippen molar-refractivity contribution < 1.29 is 210 Å². The first-order chi connectivity index (χ1) is 52.3. The number of likely N-dealkylation sites (tertiary alicyclic amines) is 4. The summed E-state index contributed by atoms with van der Waals surface area (Å²) in [6.45, 7) is 26.7. The van der Waals surface area contributed by atoms with Crippen LogP contribution in [0.3, 0.4) is 0 Å². The number of hydrogen-bond acceptors (Lipinski definition) is 8. The molecule has 0 radical (unpaired) electrons. The van der Waals surface area contributed by atoms with E-state index in [0.29, 0.717) is 35.3 Å². The van der Waals surface area contributed by atoms with Crippen LogP contribution in [0, 0.1) is 0 Å². The molecule has 6 aromatic carbocycles. The van der Waals surface area contributed by atoms with Crippen LogP contribution in [0.15, 0.2) is 194 Å². The average molecular weight is 1510 g/mol. The van der Waals surface area contributed by atoms with Gasteiger partial charge in [0.15, 0.2) is 0 Å². The maximum atomic E-state index is 10.0. The fourth-order valence-electron chi connectivity index (χ4n) is 14.5. The second-order valence-corrected chi connectivity index (χ2v) is 29.1. The molecular formula is C90H132Li8N8O8+4. The second-order valence-electron chi connectivity index (χ2n) is 29.1. The van der Waals surface area contributed by atoms with E-state index in [-0.39, 0.29) is 151 Å². The van der Waals surface area contributed by atoms with E-state index in [1.54, 1.807) is 68.1 Å². The quantitative estimate of drug-likeness (QED) is 0.0233. The Bertz CT molecular complexity index is 2680. The molecule has 16 nitrogen and oxygen atoms in total. The fourth-order valence-corrected chi connectivity index (χ4v) is 14.5. The van der Waals surface area contributed by atoms with Gasteiger partial charge in [-0.25, -0.2) is 11.9 Å². The molecule has 4 N–H and O–H groups in total. The second kappa shape index (κ2) is 77.4. The largest absolute Gasteiger partial charge is 1.00 e. The SMILES string of the molecule is C1CCOC1.C1CCOC1.C1CCOC1.C1CCOC1.[Li+].[Li+].[Li+].[Li+].[Li+].[Li+].[Li+].[Li+].[O-]C([O-])=Cc1ccccc1.[O-]C([O-])=Cc1ccccc1.c1ccc([C@@H](C[NH+]2CCCCC2)[N-]CCC[N-][C@H](C[NH+]2CCCCC2)c2ccccc2)cc1.c1ccc([C@@H](C[NH+]2CCCCC2)[N-]CCC[N-][C@H](C[NH+]2CCCCC2)c2ccccc2)cc1. The molecule has 4 atom stereocenters. The van der Waals surface area contributed by atoms with Gasteiger partial charge in [0.2, 0.25) is 0 Å². The zero-order valence-electron chi connectivity index (χ0n) is 72.4. The third-order valence-electron chi connectivity index (χ3n) is 20.4. The third kappa shape index (κ3) is 55.3. The van der Waals surface area contributed by atoms with Crippen LogP contribution < -0.4 is 191 Å². The van der Waals surface area contributed by atoms with Gasteiger partial charge in [0.05, 0.1) is 78.5 Å². The predicted octanol–water partition coefficient (Wildman–Crippen LogP) is -13.9. The topological polar surface area (TPSA) is 203 Å². The summed E-state index contributed by atoms with van der Waals surface area (Å²) in [6.07, 6.45) is 31.0. The van der Waals surface area contributed by atoms with Gasteiger partial charge in [-0.15, -0.1) is 0 Å². The Kier molecular flexibility index (Phi) is 77.6. The first-order valence-electron chi connectivity index (χ1n) is 41.1. The molecule has 6 aromatic rings. The minimum atomic E-state index is -1.16. The van der Waals surface area contributed by atoms with Crippen LogP contribution in [-0.2, 0) is 18.9 Å². The minimum absolute atomic E-state index is 0. The first-order valence-corrected chi connectivity index (χ1v) is 41.1. The Morgan fingerprint density at radius 1 is 0.254 bits per heavy atom. The molecule has 0 unspecified atom stereocenters. The summed E-state index contributed by atoms with van der Waals surface area (Å²) >= 11 is 0. The Hall–Kier alpha value is -1.70. The third-order valence-corrected chi connectivity index (χ3v) is 20.4. The van der Waals surface area contributed by atoms with Gasteiger partial charge in [-0.05, 0) is 140 Å². The Morgan fingerprint density at radius 3 is 0.588 bits per heavy atom. The number of benzene rings is 6. The molecule has 0 aromatic heterocycles. The van der Waals surface area contributed by atoms with E-state index in [9.17, 15) is 20.4 Å². The van der Waals surface area contributed by atoms with E-state index < -0.39 is 11.9 Å². The first kappa shape index (κ1) is 114. The molecule has 114 heavy (non-hydrogen) atoms. The molecule has 8 aliphatic rings. The summed E-state index contributed by atoms with van der Waals surface area (Å²) in [5, 5.41) is 60.8. The summed E-state index contributed by atoms with van der Waals surface area (Å²) in [5.74, 6) is -2.32. The standard InChI is InChI=1S/2C29H42N4.2C8H8O2.4C4H8O.8Li/c2*1-5-14-26(15-6-1)28(24-32-20-9-3-10-21-32)30-18-13-19-31-29(27-16-7-2-8-17-27)25-33-22-11-4-12-23-33;2*9-8(10)6-7-4-2-1-3-5-7;4*1-2-4-5-3-1;;;;;;;;/h2*1-2,5-8,14-17,28-29H,3-4,9-13,18-25H2;2*1-6,9-10H;4*1-4H2;;;;;;;;/q2*-2;;;;;;;8*+1/t2*28-,29-;;;;;;;;;;;;;;/m11............../s1. The number of hydrogen-bond donors (Lipinski definition) is 4. The van der Waals surface area contributed by atoms with Crippen molar-refractivity contribution in [3.63, 3.8) is 0 Å². The number of ether oxygens (including phenoxy) is 4. The number of quaternary nitrogens is 4. The van der Waals surface area contributed by atoms with Crippen LogP contribution in [0.4, 0.5) is 0 Å². The van der Waals surface area contributed by atoms with E-state index in [0.717, 1.165) is 130 Å². The summed E-state index contributed by atoms with van der Waals surface area (Å²) in [7, 11) is 0.